The molecule has 1 heterocycles. The van der Waals surface area contributed by atoms with Gasteiger partial charge in [0.2, 0.25) is 5.91 Å². The third kappa shape index (κ3) is 2.75. The van der Waals surface area contributed by atoms with Crippen molar-refractivity contribution in [2.45, 2.75) is 32.2 Å². The van der Waals surface area contributed by atoms with E-state index >= 15 is 0 Å². The molecule has 0 aromatic heterocycles. The second kappa shape index (κ2) is 5.38. The number of benzene rings is 1. The van der Waals surface area contributed by atoms with Crippen LogP contribution >= 0.6 is 0 Å². The van der Waals surface area contributed by atoms with Crippen LogP contribution in [0.4, 0.5) is 4.39 Å². The minimum absolute atomic E-state index is 0.0778. The summed E-state index contributed by atoms with van der Waals surface area (Å²) in [6.07, 6.45) is 0.834. The van der Waals surface area contributed by atoms with E-state index in [0.29, 0.717) is 5.56 Å². The van der Waals surface area contributed by atoms with Crippen LogP contribution in [-0.2, 0) is 4.79 Å². The fraction of sp³-hybridized carbons (Fsp3) is 0.429. The summed E-state index contributed by atoms with van der Waals surface area (Å²) in [5.74, 6) is -1.40. The van der Waals surface area contributed by atoms with Crippen molar-refractivity contribution in [1.29, 1.82) is 0 Å². The highest BCUT2D eigenvalue weighted by Crippen LogP contribution is 2.25. The zero-order valence-electron chi connectivity index (χ0n) is 11.0. The van der Waals surface area contributed by atoms with Crippen LogP contribution in [0.1, 0.15) is 42.1 Å². The lowest BCUT2D eigenvalue weighted by molar-refractivity contribution is -0.123. The summed E-state index contributed by atoms with van der Waals surface area (Å²) in [5.41, 5.74) is 0.835. The molecule has 1 aromatic carbocycles. The molecular weight excluding hydrogens is 247 g/mol. The first-order valence-corrected chi connectivity index (χ1v) is 6.41. The molecule has 0 aliphatic carbocycles. The normalized spacial score (nSPS) is 19.3. The van der Waals surface area contributed by atoms with Gasteiger partial charge in [0.15, 0.2) is 0 Å². The van der Waals surface area contributed by atoms with Gasteiger partial charge < -0.3 is 10.6 Å². The Bertz CT molecular complexity index is 516. The third-order valence-electron chi connectivity index (χ3n) is 3.42. The van der Waals surface area contributed by atoms with Gasteiger partial charge >= 0.3 is 0 Å². The maximum absolute atomic E-state index is 13.2. The van der Waals surface area contributed by atoms with E-state index in [1.807, 2.05) is 13.8 Å². The first-order valence-electron chi connectivity index (χ1n) is 6.41. The van der Waals surface area contributed by atoms with E-state index in [-0.39, 0.29) is 30.0 Å². The Kier molecular flexibility index (Phi) is 3.83. The zero-order chi connectivity index (χ0) is 14.0. The second-order valence-corrected chi connectivity index (χ2v) is 4.81. The first kappa shape index (κ1) is 13.5. The summed E-state index contributed by atoms with van der Waals surface area (Å²) in [5, 5.41) is 5.51. The number of nitrogens with one attached hydrogen (secondary N) is 2. The lowest BCUT2D eigenvalue weighted by Gasteiger charge is -2.26. The van der Waals surface area contributed by atoms with Crippen LogP contribution in [0.25, 0.3) is 0 Å². The van der Waals surface area contributed by atoms with Gasteiger partial charge in [0.1, 0.15) is 5.82 Å². The highest BCUT2D eigenvalue weighted by Gasteiger charge is 2.30. The number of carbonyl (C=O) groups is 2. The molecule has 0 saturated carbocycles. The fourth-order valence-electron chi connectivity index (χ4n) is 2.11. The lowest BCUT2D eigenvalue weighted by Crippen LogP contribution is -2.44. The Morgan fingerprint density at radius 2 is 2.32 bits per heavy atom. The summed E-state index contributed by atoms with van der Waals surface area (Å²) in [4.78, 5) is 23.8. The highest BCUT2D eigenvalue weighted by atomic mass is 19.1. The van der Waals surface area contributed by atoms with Crippen molar-refractivity contribution in [1.82, 2.24) is 10.6 Å². The predicted octanol–water partition coefficient (Wildman–Crippen LogP) is 1.57. The van der Waals surface area contributed by atoms with Gasteiger partial charge in [0.25, 0.3) is 5.91 Å². The Labute approximate surface area is 111 Å². The Morgan fingerprint density at radius 1 is 1.58 bits per heavy atom. The predicted molar refractivity (Wildman–Crippen MR) is 69.4 cm³/mol. The number of amides is 2. The van der Waals surface area contributed by atoms with Crippen molar-refractivity contribution in [2.75, 3.05) is 6.54 Å². The number of carbonyl (C=O) groups excluding carboxylic acids is 2. The SMILES string of the molecule is CCC(C)NC(=O)C1CNC(=O)c2cc(F)ccc21. The van der Waals surface area contributed by atoms with Gasteiger partial charge in [0, 0.05) is 18.2 Å². The highest BCUT2D eigenvalue weighted by molar-refractivity contribution is 6.00. The molecule has 0 radical (unpaired) electrons. The maximum atomic E-state index is 13.2. The molecule has 4 nitrogen and oxygen atoms in total. The average Bonchev–Trinajstić information content (AvgIpc) is 2.39. The molecule has 1 aliphatic heterocycles. The van der Waals surface area contributed by atoms with Gasteiger partial charge in [-0.2, -0.15) is 0 Å². The molecule has 1 aliphatic rings. The monoisotopic (exact) mass is 264 g/mol. The molecule has 0 saturated heterocycles. The van der Waals surface area contributed by atoms with E-state index in [1.165, 1.54) is 18.2 Å². The van der Waals surface area contributed by atoms with Gasteiger partial charge in [0.05, 0.1) is 5.92 Å². The van der Waals surface area contributed by atoms with Crippen molar-refractivity contribution in [3.05, 3.63) is 35.1 Å². The molecule has 102 valence electrons. The summed E-state index contributed by atoms with van der Waals surface area (Å²) in [6, 6.07) is 4.05. The molecule has 5 heteroatoms. The molecule has 2 atom stereocenters. The molecule has 2 N–H and O–H groups in total. The molecule has 0 fully saturated rings. The van der Waals surface area contributed by atoms with Gasteiger partial charge in [-0.25, -0.2) is 4.39 Å². The molecule has 0 bridgehead atoms. The molecular formula is C14H17FN2O2. The summed E-state index contributed by atoms with van der Waals surface area (Å²) in [7, 11) is 0. The molecule has 1 aromatic rings. The van der Waals surface area contributed by atoms with E-state index in [4.69, 9.17) is 0 Å². The van der Waals surface area contributed by atoms with E-state index in [2.05, 4.69) is 10.6 Å². The topological polar surface area (TPSA) is 58.2 Å². The van der Waals surface area contributed by atoms with Crippen molar-refractivity contribution in [3.63, 3.8) is 0 Å². The molecule has 0 spiro atoms. The molecule has 2 unspecified atom stereocenters. The number of rotatable bonds is 3. The summed E-state index contributed by atoms with van der Waals surface area (Å²) in [6.45, 7) is 4.15. The van der Waals surface area contributed by atoms with Crippen LogP contribution in [0.5, 0.6) is 0 Å². The smallest absolute Gasteiger partial charge is 0.251 e. The van der Waals surface area contributed by atoms with Crippen LogP contribution in [0.15, 0.2) is 18.2 Å². The summed E-state index contributed by atoms with van der Waals surface area (Å²) >= 11 is 0. The molecule has 2 amide bonds. The van der Waals surface area contributed by atoms with Gasteiger partial charge in [-0.1, -0.05) is 13.0 Å². The van der Waals surface area contributed by atoms with Gasteiger partial charge in [-0.05, 0) is 31.0 Å². The van der Waals surface area contributed by atoms with Crippen LogP contribution in [0.3, 0.4) is 0 Å². The largest absolute Gasteiger partial charge is 0.353 e. The van der Waals surface area contributed by atoms with Crippen LogP contribution < -0.4 is 10.6 Å². The minimum Gasteiger partial charge on any atom is -0.353 e. The minimum atomic E-state index is -0.475. The second-order valence-electron chi connectivity index (χ2n) is 4.81. The van der Waals surface area contributed by atoms with Crippen LogP contribution in [-0.4, -0.2) is 24.4 Å². The van der Waals surface area contributed by atoms with Gasteiger partial charge in [-0.15, -0.1) is 0 Å². The lowest BCUT2D eigenvalue weighted by atomic mass is 9.89. The van der Waals surface area contributed by atoms with Crippen molar-refractivity contribution in [3.8, 4) is 0 Å². The van der Waals surface area contributed by atoms with E-state index < -0.39 is 11.7 Å². The maximum Gasteiger partial charge on any atom is 0.251 e. The fourth-order valence-corrected chi connectivity index (χ4v) is 2.11. The van der Waals surface area contributed by atoms with Crippen LogP contribution in [0.2, 0.25) is 0 Å². The van der Waals surface area contributed by atoms with Crippen LogP contribution in [0, 0.1) is 5.82 Å². The van der Waals surface area contributed by atoms with Crippen molar-refractivity contribution in [2.24, 2.45) is 0 Å². The summed E-state index contributed by atoms with van der Waals surface area (Å²) < 4.78 is 13.2. The zero-order valence-corrected chi connectivity index (χ0v) is 11.0. The molecule has 19 heavy (non-hydrogen) atoms. The Balaban J connectivity index is 2.28. The Hall–Kier alpha value is -1.91. The Morgan fingerprint density at radius 3 is 3.00 bits per heavy atom. The van der Waals surface area contributed by atoms with E-state index in [0.717, 1.165) is 6.42 Å². The van der Waals surface area contributed by atoms with E-state index in [9.17, 15) is 14.0 Å². The number of halogens is 1. The average molecular weight is 264 g/mol. The quantitative estimate of drug-likeness (QED) is 0.870. The van der Waals surface area contributed by atoms with E-state index in [1.54, 1.807) is 0 Å². The standard InChI is InChI=1S/C14H17FN2O2/c1-3-8(2)17-14(19)12-7-16-13(18)11-6-9(15)4-5-10(11)12/h4-6,8,12H,3,7H2,1-2H3,(H,16,18)(H,17,19). The van der Waals surface area contributed by atoms with Gasteiger partial charge in [-0.3, -0.25) is 9.59 Å². The van der Waals surface area contributed by atoms with Crippen molar-refractivity contribution < 1.29 is 14.0 Å². The number of hydrogen-bond donors (Lipinski definition) is 2. The molecule has 2 rings (SSSR count). The number of fused-ring (bicyclic) bond motifs is 1. The number of hydrogen-bond acceptors (Lipinski definition) is 2. The third-order valence-corrected chi connectivity index (χ3v) is 3.42. The first-order chi connectivity index (χ1) is 9.02. The van der Waals surface area contributed by atoms with Crippen molar-refractivity contribution >= 4 is 11.8 Å².